The molecule has 1 atom stereocenters. The Kier molecular flexibility index (Phi) is 3.92. The molecule has 1 aromatic heterocycles. The molecule has 2 aromatic rings. The standard InChI is InChI=1S/C14H16FNS/c1-3-16-10(2)11-6-7-13(15)12(9-11)14-5-4-8-17-14/h4-10,16H,3H2,1-2H3. The van der Waals surface area contributed by atoms with Crippen LogP contribution in [0.4, 0.5) is 4.39 Å². The Hall–Kier alpha value is -1.19. The molecule has 1 heterocycles. The lowest BCUT2D eigenvalue weighted by atomic mass is 10.0. The Morgan fingerprint density at radius 3 is 2.82 bits per heavy atom. The van der Waals surface area contributed by atoms with Gasteiger partial charge < -0.3 is 5.32 Å². The quantitative estimate of drug-likeness (QED) is 0.855. The molecule has 1 N–H and O–H groups in total. The number of hydrogen-bond acceptors (Lipinski definition) is 2. The molecule has 0 spiro atoms. The lowest BCUT2D eigenvalue weighted by molar-refractivity contribution is 0.593. The Balaban J connectivity index is 2.36. The Labute approximate surface area is 105 Å². The number of benzene rings is 1. The van der Waals surface area contributed by atoms with E-state index in [9.17, 15) is 4.39 Å². The second kappa shape index (κ2) is 5.43. The summed E-state index contributed by atoms with van der Waals surface area (Å²) in [5.74, 6) is -0.153. The van der Waals surface area contributed by atoms with Crippen LogP contribution < -0.4 is 5.32 Å². The molecular weight excluding hydrogens is 233 g/mol. The zero-order chi connectivity index (χ0) is 12.3. The lowest BCUT2D eigenvalue weighted by Gasteiger charge is -2.14. The number of thiophene rings is 1. The molecule has 0 saturated carbocycles. The van der Waals surface area contributed by atoms with Gasteiger partial charge in [0.15, 0.2) is 0 Å². The van der Waals surface area contributed by atoms with Gasteiger partial charge in [-0.05, 0) is 42.6 Å². The van der Waals surface area contributed by atoms with Gasteiger partial charge in [-0.2, -0.15) is 0 Å². The minimum atomic E-state index is -0.153. The van der Waals surface area contributed by atoms with Crippen molar-refractivity contribution in [1.29, 1.82) is 0 Å². The predicted molar refractivity (Wildman–Crippen MR) is 71.8 cm³/mol. The van der Waals surface area contributed by atoms with Gasteiger partial charge >= 0.3 is 0 Å². The second-order valence-corrected chi connectivity index (χ2v) is 4.94. The number of rotatable bonds is 4. The summed E-state index contributed by atoms with van der Waals surface area (Å²) in [4.78, 5) is 0.980. The van der Waals surface area contributed by atoms with Crippen molar-refractivity contribution in [2.24, 2.45) is 0 Å². The van der Waals surface area contributed by atoms with Crippen LogP contribution in [0.5, 0.6) is 0 Å². The van der Waals surface area contributed by atoms with Crippen LogP contribution in [-0.2, 0) is 0 Å². The molecule has 3 heteroatoms. The number of nitrogens with one attached hydrogen (secondary N) is 1. The zero-order valence-corrected chi connectivity index (χ0v) is 10.9. The predicted octanol–water partition coefficient (Wildman–Crippen LogP) is 4.22. The fourth-order valence-electron chi connectivity index (χ4n) is 1.86. The highest BCUT2D eigenvalue weighted by atomic mass is 32.1. The maximum atomic E-state index is 13.8. The molecular formula is C14H16FNS. The summed E-state index contributed by atoms with van der Waals surface area (Å²) < 4.78 is 13.8. The second-order valence-electron chi connectivity index (χ2n) is 4.00. The van der Waals surface area contributed by atoms with Crippen molar-refractivity contribution in [3.05, 3.63) is 47.1 Å². The van der Waals surface area contributed by atoms with Gasteiger partial charge in [-0.25, -0.2) is 4.39 Å². The maximum absolute atomic E-state index is 13.8. The van der Waals surface area contributed by atoms with Gasteiger partial charge in [-0.3, -0.25) is 0 Å². The van der Waals surface area contributed by atoms with E-state index in [0.29, 0.717) is 5.56 Å². The highest BCUT2D eigenvalue weighted by molar-refractivity contribution is 7.13. The molecule has 0 amide bonds. The van der Waals surface area contributed by atoms with E-state index in [0.717, 1.165) is 17.0 Å². The normalized spacial score (nSPS) is 12.6. The summed E-state index contributed by atoms with van der Waals surface area (Å²) in [5.41, 5.74) is 1.82. The third-order valence-electron chi connectivity index (χ3n) is 2.79. The van der Waals surface area contributed by atoms with E-state index in [4.69, 9.17) is 0 Å². The summed E-state index contributed by atoms with van der Waals surface area (Å²) in [7, 11) is 0. The molecule has 0 radical (unpaired) electrons. The molecule has 0 bridgehead atoms. The molecule has 2 rings (SSSR count). The highest BCUT2D eigenvalue weighted by Gasteiger charge is 2.10. The fourth-order valence-corrected chi connectivity index (χ4v) is 2.60. The largest absolute Gasteiger partial charge is 0.310 e. The van der Waals surface area contributed by atoms with E-state index in [1.807, 2.05) is 29.6 Å². The summed E-state index contributed by atoms with van der Waals surface area (Å²) >= 11 is 1.56. The van der Waals surface area contributed by atoms with E-state index in [1.54, 1.807) is 17.4 Å². The minimum absolute atomic E-state index is 0.153. The maximum Gasteiger partial charge on any atom is 0.131 e. The lowest BCUT2D eigenvalue weighted by Crippen LogP contribution is -2.17. The first-order valence-corrected chi connectivity index (χ1v) is 6.67. The van der Waals surface area contributed by atoms with Crippen LogP contribution in [0.15, 0.2) is 35.7 Å². The summed E-state index contributed by atoms with van der Waals surface area (Å²) in [6, 6.07) is 9.48. The summed E-state index contributed by atoms with van der Waals surface area (Å²) in [6.45, 7) is 5.07. The molecule has 0 saturated heterocycles. The molecule has 1 unspecified atom stereocenters. The molecule has 0 aliphatic carbocycles. The number of hydrogen-bond donors (Lipinski definition) is 1. The third-order valence-corrected chi connectivity index (χ3v) is 3.69. The van der Waals surface area contributed by atoms with E-state index in [1.165, 1.54) is 0 Å². The SMILES string of the molecule is CCNC(C)c1ccc(F)c(-c2cccs2)c1. The van der Waals surface area contributed by atoms with Crippen LogP contribution in [0.3, 0.4) is 0 Å². The number of halogens is 1. The average Bonchev–Trinajstić information content (AvgIpc) is 2.83. The van der Waals surface area contributed by atoms with Crippen molar-refractivity contribution < 1.29 is 4.39 Å². The Morgan fingerprint density at radius 2 is 2.18 bits per heavy atom. The van der Waals surface area contributed by atoms with Crippen molar-refractivity contribution in [3.8, 4) is 10.4 Å². The summed E-state index contributed by atoms with van der Waals surface area (Å²) in [6.07, 6.45) is 0. The van der Waals surface area contributed by atoms with Crippen molar-refractivity contribution in [2.75, 3.05) is 6.54 Å². The van der Waals surface area contributed by atoms with Crippen molar-refractivity contribution >= 4 is 11.3 Å². The van der Waals surface area contributed by atoms with Gasteiger partial charge in [0.1, 0.15) is 5.82 Å². The van der Waals surface area contributed by atoms with Gasteiger partial charge in [0, 0.05) is 16.5 Å². The van der Waals surface area contributed by atoms with Crippen LogP contribution in [0.1, 0.15) is 25.5 Å². The molecule has 1 nitrogen and oxygen atoms in total. The van der Waals surface area contributed by atoms with Crippen molar-refractivity contribution in [2.45, 2.75) is 19.9 Å². The molecule has 17 heavy (non-hydrogen) atoms. The van der Waals surface area contributed by atoms with Crippen molar-refractivity contribution in [1.82, 2.24) is 5.32 Å². The first-order chi connectivity index (χ1) is 8.22. The van der Waals surface area contributed by atoms with Crippen LogP contribution >= 0.6 is 11.3 Å². The average molecular weight is 249 g/mol. The van der Waals surface area contributed by atoms with Gasteiger partial charge in [-0.15, -0.1) is 11.3 Å². The van der Waals surface area contributed by atoms with Crippen LogP contribution in [0.25, 0.3) is 10.4 Å². The third kappa shape index (κ3) is 2.73. The van der Waals surface area contributed by atoms with Crippen LogP contribution in [-0.4, -0.2) is 6.54 Å². The molecule has 1 aromatic carbocycles. The smallest absolute Gasteiger partial charge is 0.131 e. The summed E-state index contributed by atoms with van der Waals surface area (Å²) in [5, 5.41) is 5.30. The van der Waals surface area contributed by atoms with E-state index < -0.39 is 0 Å². The topological polar surface area (TPSA) is 12.0 Å². The molecule has 0 aliphatic heterocycles. The molecule has 90 valence electrons. The Bertz CT molecular complexity index is 479. The fraction of sp³-hybridized carbons (Fsp3) is 0.286. The van der Waals surface area contributed by atoms with Gasteiger partial charge in [0.2, 0.25) is 0 Å². The highest BCUT2D eigenvalue weighted by Crippen LogP contribution is 2.29. The zero-order valence-electron chi connectivity index (χ0n) is 10.0. The van der Waals surface area contributed by atoms with Crippen LogP contribution in [0, 0.1) is 5.82 Å². The first-order valence-electron chi connectivity index (χ1n) is 5.79. The van der Waals surface area contributed by atoms with Gasteiger partial charge in [0.25, 0.3) is 0 Å². The minimum Gasteiger partial charge on any atom is -0.310 e. The van der Waals surface area contributed by atoms with Crippen molar-refractivity contribution in [3.63, 3.8) is 0 Å². The molecule has 0 fully saturated rings. The first kappa shape index (κ1) is 12.3. The van der Waals surface area contributed by atoms with E-state index in [-0.39, 0.29) is 11.9 Å². The molecule has 0 aliphatic rings. The van der Waals surface area contributed by atoms with Gasteiger partial charge in [0.05, 0.1) is 0 Å². The van der Waals surface area contributed by atoms with Crippen LogP contribution in [0.2, 0.25) is 0 Å². The van der Waals surface area contributed by atoms with E-state index >= 15 is 0 Å². The Morgan fingerprint density at radius 1 is 1.35 bits per heavy atom. The van der Waals surface area contributed by atoms with Gasteiger partial charge in [-0.1, -0.05) is 19.1 Å². The van der Waals surface area contributed by atoms with E-state index in [2.05, 4.69) is 19.2 Å². The monoisotopic (exact) mass is 249 g/mol.